The van der Waals surface area contributed by atoms with E-state index in [4.69, 9.17) is 0 Å². The molecule has 0 bridgehead atoms. The highest BCUT2D eigenvalue weighted by Crippen LogP contribution is 2.20. The van der Waals surface area contributed by atoms with Gasteiger partial charge in [-0.1, -0.05) is 6.92 Å². The van der Waals surface area contributed by atoms with Gasteiger partial charge in [0.15, 0.2) is 0 Å². The molecule has 2 aromatic heterocycles. The molecule has 3 heterocycles. The average Bonchev–Trinajstić information content (AvgIpc) is 2.84. The number of aryl methyl sites for hydroxylation is 2. The van der Waals surface area contributed by atoms with Crippen molar-refractivity contribution in [1.29, 1.82) is 0 Å². The van der Waals surface area contributed by atoms with Crippen molar-refractivity contribution < 1.29 is 0 Å². The zero-order chi connectivity index (χ0) is 14.7. The fraction of sp³-hybridized carbons (Fsp3) is 0.571. The van der Waals surface area contributed by atoms with Gasteiger partial charge in [-0.15, -0.1) is 0 Å². The Morgan fingerprint density at radius 1 is 1.14 bits per heavy atom. The monoisotopic (exact) mass is 304 g/mol. The van der Waals surface area contributed by atoms with E-state index in [0.29, 0.717) is 0 Å². The van der Waals surface area contributed by atoms with Crippen molar-refractivity contribution in [3.05, 3.63) is 23.8 Å². The standard InChI is InChI=1S/C14H20N6S/c1-3-12-17-14(21-18-12)20-8-4-7-19(9-10-20)13-15-6-5-11(2)16-13/h5-6H,3-4,7-10H2,1-2H3. The summed E-state index contributed by atoms with van der Waals surface area (Å²) in [5.41, 5.74) is 1.01. The summed E-state index contributed by atoms with van der Waals surface area (Å²) < 4.78 is 4.38. The van der Waals surface area contributed by atoms with Crippen LogP contribution in [0.5, 0.6) is 0 Å². The third-order valence-corrected chi connectivity index (χ3v) is 4.42. The van der Waals surface area contributed by atoms with Crippen LogP contribution in [0, 0.1) is 6.92 Å². The van der Waals surface area contributed by atoms with Crippen LogP contribution < -0.4 is 9.80 Å². The van der Waals surface area contributed by atoms with E-state index in [-0.39, 0.29) is 0 Å². The van der Waals surface area contributed by atoms with Crippen molar-refractivity contribution in [3.63, 3.8) is 0 Å². The van der Waals surface area contributed by atoms with Crippen molar-refractivity contribution in [1.82, 2.24) is 19.3 Å². The van der Waals surface area contributed by atoms with Crippen molar-refractivity contribution >= 4 is 22.6 Å². The topological polar surface area (TPSA) is 58.0 Å². The minimum Gasteiger partial charge on any atom is -0.345 e. The molecule has 7 heteroatoms. The number of nitrogens with zero attached hydrogens (tertiary/aromatic N) is 6. The van der Waals surface area contributed by atoms with Gasteiger partial charge in [0.1, 0.15) is 5.82 Å². The first kappa shape index (κ1) is 14.2. The summed E-state index contributed by atoms with van der Waals surface area (Å²) in [6.07, 6.45) is 3.81. The van der Waals surface area contributed by atoms with Gasteiger partial charge in [-0.3, -0.25) is 0 Å². The van der Waals surface area contributed by atoms with E-state index in [0.717, 1.165) is 61.6 Å². The van der Waals surface area contributed by atoms with E-state index in [9.17, 15) is 0 Å². The second kappa shape index (κ2) is 6.34. The molecule has 2 aromatic rings. The summed E-state index contributed by atoms with van der Waals surface area (Å²) in [4.78, 5) is 18.1. The summed E-state index contributed by atoms with van der Waals surface area (Å²) in [6.45, 7) is 7.95. The Hall–Kier alpha value is -1.76. The highest BCUT2D eigenvalue weighted by atomic mass is 32.1. The van der Waals surface area contributed by atoms with Crippen LogP contribution >= 0.6 is 11.5 Å². The predicted molar refractivity (Wildman–Crippen MR) is 85.1 cm³/mol. The van der Waals surface area contributed by atoms with Crippen molar-refractivity contribution in [2.45, 2.75) is 26.7 Å². The summed E-state index contributed by atoms with van der Waals surface area (Å²) >= 11 is 1.50. The van der Waals surface area contributed by atoms with E-state index >= 15 is 0 Å². The quantitative estimate of drug-likeness (QED) is 0.863. The fourth-order valence-electron chi connectivity index (χ4n) is 2.41. The smallest absolute Gasteiger partial charge is 0.225 e. The maximum Gasteiger partial charge on any atom is 0.225 e. The first-order chi connectivity index (χ1) is 10.3. The van der Waals surface area contributed by atoms with Crippen LogP contribution in [0.25, 0.3) is 0 Å². The number of rotatable bonds is 3. The van der Waals surface area contributed by atoms with E-state index in [1.807, 2.05) is 19.2 Å². The Kier molecular flexibility index (Phi) is 4.28. The maximum absolute atomic E-state index is 4.59. The lowest BCUT2D eigenvalue weighted by Crippen LogP contribution is -2.31. The maximum atomic E-state index is 4.59. The average molecular weight is 304 g/mol. The molecular weight excluding hydrogens is 284 g/mol. The highest BCUT2D eigenvalue weighted by Gasteiger charge is 2.19. The first-order valence-electron chi connectivity index (χ1n) is 7.38. The Labute approximate surface area is 129 Å². The van der Waals surface area contributed by atoms with Gasteiger partial charge in [-0.2, -0.15) is 4.37 Å². The lowest BCUT2D eigenvalue weighted by molar-refractivity contribution is 0.779. The summed E-state index contributed by atoms with van der Waals surface area (Å²) in [5.74, 6) is 1.78. The fourth-order valence-corrected chi connectivity index (χ4v) is 3.21. The molecule has 1 aliphatic rings. The Bertz CT molecular complexity index is 599. The van der Waals surface area contributed by atoms with Gasteiger partial charge in [0.05, 0.1) is 0 Å². The zero-order valence-corrected chi connectivity index (χ0v) is 13.3. The minimum atomic E-state index is 0.836. The number of hydrogen-bond acceptors (Lipinski definition) is 7. The van der Waals surface area contributed by atoms with E-state index < -0.39 is 0 Å². The van der Waals surface area contributed by atoms with Crippen LogP contribution in [-0.4, -0.2) is 45.5 Å². The molecule has 6 nitrogen and oxygen atoms in total. The van der Waals surface area contributed by atoms with Gasteiger partial charge >= 0.3 is 0 Å². The van der Waals surface area contributed by atoms with Crippen LogP contribution in [-0.2, 0) is 6.42 Å². The van der Waals surface area contributed by atoms with Crippen LogP contribution in [0.2, 0.25) is 0 Å². The lowest BCUT2D eigenvalue weighted by atomic mass is 10.4. The minimum absolute atomic E-state index is 0.836. The number of anilines is 2. The van der Waals surface area contributed by atoms with Crippen LogP contribution in [0.15, 0.2) is 12.3 Å². The number of aromatic nitrogens is 4. The zero-order valence-electron chi connectivity index (χ0n) is 12.5. The van der Waals surface area contributed by atoms with E-state index in [1.54, 1.807) is 0 Å². The molecule has 1 aliphatic heterocycles. The highest BCUT2D eigenvalue weighted by molar-refractivity contribution is 7.09. The van der Waals surface area contributed by atoms with Crippen LogP contribution in [0.4, 0.5) is 11.1 Å². The van der Waals surface area contributed by atoms with Gasteiger partial charge in [0.2, 0.25) is 11.1 Å². The molecule has 0 saturated carbocycles. The molecule has 0 atom stereocenters. The van der Waals surface area contributed by atoms with Gasteiger partial charge in [-0.25, -0.2) is 15.0 Å². The molecule has 1 saturated heterocycles. The molecule has 1 fully saturated rings. The molecule has 0 unspecified atom stereocenters. The van der Waals surface area contributed by atoms with Crippen molar-refractivity contribution in [2.75, 3.05) is 36.0 Å². The molecule has 0 N–H and O–H groups in total. The Morgan fingerprint density at radius 3 is 2.71 bits per heavy atom. The van der Waals surface area contributed by atoms with Crippen LogP contribution in [0.1, 0.15) is 24.9 Å². The van der Waals surface area contributed by atoms with Gasteiger partial charge in [-0.05, 0) is 19.4 Å². The second-order valence-corrected chi connectivity index (χ2v) is 5.90. The molecule has 0 radical (unpaired) electrons. The SMILES string of the molecule is CCc1nsc(N2CCCN(c3nccc(C)n3)CC2)n1. The largest absolute Gasteiger partial charge is 0.345 e. The molecular formula is C14H20N6S. The molecule has 21 heavy (non-hydrogen) atoms. The van der Waals surface area contributed by atoms with Gasteiger partial charge in [0, 0.05) is 56.0 Å². The first-order valence-corrected chi connectivity index (χ1v) is 8.15. The second-order valence-electron chi connectivity index (χ2n) is 5.17. The van der Waals surface area contributed by atoms with Gasteiger partial charge in [0.25, 0.3) is 0 Å². The summed E-state index contributed by atoms with van der Waals surface area (Å²) in [6, 6.07) is 1.93. The Balaban J connectivity index is 1.69. The normalized spacial score (nSPS) is 16.1. The molecule has 3 rings (SSSR count). The number of hydrogen-bond donors (Lipinski definition) is 0. The predicted octanol–water partition coefficient (Wildman–Crippen LogP) is 1.92. The summed E-state index contributed by atoms with van der Waals surface area (Å²) in [5, 5.41) is 1.04. The third-order valence-electron chi connectivity index (χ3n) is 3.60. The van der Waals surface area contributed by atoms with E-state index in [1.165, 1.54) is 11.5 Å². The lowest BCUT2D eigenvalue weighted by Gasteiger charge is -2.21. The molecule has 0 aromatic carbocycles. The third kappa shape index (κ3) is 3.29. The van der Waals surface area contributed by atoms with Crippen LogP contribution in [0.3, 0.4) is 0 Å². The molecule has 0 spiro atoms. The molecule has 112 valence electrons. The summed E-state index contributed by atoms with van der Waals surface area (Å²) in [7, 11) is 0. The molecule has 0 aliphatic carbocycles. The van der Waals surface area contributed by atoms with Crippen molar-refractivity contribution in [2.24, 2.45) is 0 Å². The van der Waals surface area contributed by atoms with E-state index in [2.05, 4.69) is 36.0 Å². The Morgan fingerprint density at radius 2 is 1.95 bits per heavy atom. The van der Waals surface area contributed by atoms with Gasteiger partial charge < -0.3 is 9.80 Å². The molecule has 0 amide bonds. The van der Waals surface area contributed by atoms with Crippen molar-refractivity contribution in [3.8, 4) is 0 Å².